The lowest BCUT2D eigenvalue weighted by Crippen LogP contribution is -2.33. The highest BCUT2D eigenvalue weighted by Gasteiger charge is 2.06. The molecule has 0 unspecified atom stereocenters. The molecular weight excluding hydrogens is 322 g/mol. The van der Waals surface area contributed by atoms with Gasteiger partial charge in [-0.25, -0.2) is 0 Å². The Labute approximate surface area is 154 Å². The highest BCUT2D eigenvalue weighted by atomic mass is 15.2. The van der Waals surface area contributed by atoms with Crippen molar-refractivity contribution in [3.63, 3.8) is 0 Å². The molecule has 5 heteroatoms. The van der Waals surface area contributed by atoms with Gasteiger partial charge in [0.15, 0.2) is 5.82 Å². The summed E-state index contributed by atoms with van der Waals surface area (Å²) in [5.41, 5.74) is 10.4. The van der Waals surface area contributed by atoms with E-state index in [-0.39, 0.29) is 0 Å². The zero-order chi connectivity index (χ0) is 19.1. The summed E-state index contributed by atoms with van der Waals surface area (Å²) >= 11 is 0. The first-order valence-electron chi connectivity index (χ1n) is 8.71. The monoisotopic (exact) mass is 347 g/mol. The summed E-state index contributed by atoms with van der Waals surface area (Å²) < 4.78 is 0. The fourth-order valence-electron chi connectivity index (χ4n) is 2.83. The van der Waals surface area contributed by atoms with Crippen molar-refractivity contribution in [1.29, 1.82) is 5.26 Å². The minimum Gasteiger partial charge on any atom is -0.399 e. The first-order chi connectivity index (χ1) is 12.5. The summed E-state index contributed by atoms with van der Waals surface area (Å²) in [6, 6.07) is 7.94. The summed E-state index contributed by atoms with van der Waals surface area (Å²) in [5.74, 6) is 0.679. The molecule has 0 spiro atoms. The smallest absolute Gasteiger partial charge is 0.156 e. The minimum atomic E-state index is 0.556. The molecule has 5 nitrogen and oxygen atoms in total. The quantitative estimate of drug-likeness (QED) is 0.867. The summed E-state index contributed by atoms with van der Waals surface area (Å²) in [6.07, 6.45) is 6.79. The molecular formula is C21H25N5. The average Bonchev–Trinajstić information content (AvgIpc) is 2.62. The van der Waals surface area contributed by atoms with E-state index in [1.807, 2.05) is 64.1 Å². The zero-order valence-electron chi connectivity index (χ0n) is 15.8. The topological polar surface area (TPSA) is 87.6 Å². The number of rotatable bonds is 5. The molecule has 2 rings (SSSR count). The summed E-state index contributed by atoms with van der Waals surface area (Å²) in [7, 11) is 0. The Morgan fingerprint density at radius 1 is 1.27 bits per heavy atom. The number of nitrogens with two attached hydrogens (primary N) is 1. The molecule has 26 heavy (non-hydrogen) atoms. The van der Waals surface area contributed by atoms with Crippen molar-refractivity contribution in [3.05, 3.63) is 62.8 Å². The van der Waals surface area contributed by atoms with Gasteiger partial charge in [-0.15, -0.1) is 5.10 Å². The van der Waals surface area contributed by atoms with E-state index < -0.39 is 0 Å². The van der Waals surface area contributed by atoms with Gasteiger partial charge in [0.05, 0.1) is 17.3 Å². The van der Waals surface area contributed by atoms with E-state index in [0.29, 0.717) is 23.6 Å². The van der Waals surface area contributed by atoms with E-state index in [1.165, 1.54) is 0 Å². The van der Waals surface area contributed by atoms with E-state index in [4.69, 9.17) is 5.73 Å². The van der Waals surface area contributed by atoms with Crippen LogP contribution in [0, 0.1) is 25.2 Å². The average molecular weight is 347 g/mol. The number of aryl methyl sites for hydroxylation is 1. The van der Waals surface area contributed by atoms with Crippen molar-refractivity contribution in [2.45, 2.75) is 40.7 Å². The Morgan fingerprint density at radius 3 is 2.69 bits per heavy atom. The van der Waals surface area contributed by atoms with Crippen LogP contribution in [0.4, 0.5) is 5.82 Å². The lowest BCUT2D eigenvalue weighted by Gasteiger charge is -2.11. The van der Waals surface area contributed by atoms with Crippen LogP contribution in [-0.2, 0) is 6.54 Å². The van der Waals surface area contributed by atoms with Crippen LogP contribution in [0.25, 0.3) is 12.2 Å². The number of hydrogen-bond donors (Lipinski definition) is 2. The number of nitrogens with one attached hydrogen (secondary N) is 1. The van der Waals surface area contributed by atoms with E-state index >= 15 is 0 Å². The van der Waals surface area contributed by atoms with Crippen LogP contribution < -0.4 is 21.5 Å². The van der Waals surface area contributed by atoms with Gasteiger partial charge in [-0.3, -0.25) is 0 Å². The zero-order valence-corrected chi connectivity index (χ0v) is 15.8. The molecule has 2 aromatic rings. The van der Waals surface area contributed by atoms with Crippen molar-refractivity contribution in [2.75, 3.05) is 5.32 Å². The maximum atomic E-state index is 9.20. The van der Waals surface area contributed by atoms with Crippen LogP contribution in [-0.4, -0.2) is 10.2 Å². The first-order valence-corrected chi connectivity index (χ1v) is 8.71. The molecule has 1 aromatic carbocycles. The van der Waals surface area contributed by atoms with Gasteiger partial charge >= 0.3 is 0 Å². The largest absolute Gasteiger partial charge is 0.399 e. The number of anilines is 1. The van der Waals surface area contributed by atoms with Gasteiger partial charge in [0.1, 0.15) is 0 Å². The Morgan fingerprint density at radius 2 is 2.04 bits per heavy atom. The van der Waals surface area contributed by atoms with Gasteiger partial charge in [0, 0.05) is 22.7 Å². The molecule has 0 fully saturated rings. The fraction of sp³-hybridized carbons (Fsp3) is 0.286. The third-order valence-electron chi connectivity index (χ3n) is 4.29. The third kappa shape index (κ3) is 4.28. The molecule has 1 heterocycles. The highest BCUT2D eigenvalue weighted by Crippen LogP contribution is 2.13. The van der Waals surface area contributed by atoms with Crippen LogP contribution in [0.2, 0.25) is 0 Å². The number of hydrogen-bond acceptors (Lipinski definition) is 5. The van der Waals surface area contributed by atoms with E-state index in [0.717, 1.165) is 33.7 Å². The predicted molar refractivity (Wildman–Crippen MR) is 106 cm³/mol. The standard InChI is InChI=1S/C21H25N5/c1-5-8-18(23)11-20-19(6-2)15(4)25-26-21(20)24-13-17-10-7-9-16(12-22)14(17)3/h6-11H,5,13,23H2,1-4H3,(H,24,26)/b18-8-,19-6?,20-11+. The summed E-state index contributed by atoms with van der Waals surface area (Å²) in [5, 5.41) is 23.1. The SMILES string of the molecule is CC=c1c(C)nnc(NCc2cccc(C#N)c2C)/c1=C/C(N)=C/CC. The van der Waals surface area contributed by atoms with Crippen molar-refractivity contribution in [2.24, 2.45) is 5.73 Å². The molecule has 0 saturated heterocycles. The van der Waals surface area contributed by atoms with Crippen molar-refractivity contribution >= 4 is 18.0 Å². The first kappa shape index (κ1) is 19.2. The number of nitriles is 1. The van der Waals surface area contributed by atoms with E-state index in [9.17, 15) is 5.26 Å². The van der Waals surface area contributed by atoms with Crippen molar-refractivity contribution in [3.8, 4) is 6.07 Å². The van der Waals surface area contributed by atoms with E-state index in [2.05, 4.69) is 21.6 Å². The van der Waals surface area contributed by atoms with Crippen LogP contribution in [0.5, 0.6) is 0 Å². The number of allylic oxidation sites excluding steroid dienone is 2. The third-order valence-corrected chi connectivity index (χ3v) is 4.29. The second kappa shape index (κ2) is 8.82. The van der Waals surface area contributed by atoms with Gasteiger partial charge in [0.2, 0.25) is 0 Å². The molecule has 0 aliphatic carbocycles. The second-order valence-corrected chi connectivity index (χ2v) is 6.06. The van der Waals surface area contributed by atoms with Gasteiger partial charge in [-0.05, 0) is 50.5 Å². The van der Waals surface area contributed by atoms with Gasteiger partial charge in [-0.1, -0.05) is 31.2 Å². The van der Waals surface area contributed by atoms with Gasteiger partial charge < -0.3 is 11.1 Å². The normalized spacial score (nSPS) is 13.0. The Bertz CT molecular complexity index is 981. The van der Waals surface area contributed by atoms with E-state index in [1.54, 1.807) is 0 Å². The number of aromatic nitrogens is 2. The molecule has 0 amide bonds. The molecule has 3 N–H and O–H groups in total. The Balaban J connectivity index is 2.48. The number of nitrogens with zero attached hydrogens (tertiary/aromatic N) is 3. The second-order valence-electron chi connectivity index (χ2n) is 6.06. The summed E-state index contributed by atoms with van der Waals surface area (Å²) in [4.78, 5) is 0. The van der Waals surface area contributed by atoms with Crippen LogP contribution in [0.3, 0.4) is 0 Å². The molecule has 0 aliphatic rings. The lowest BCUT2D eigenvalue weighted by molar-refractivity contribution is 0.937. The van der Waals surface area contributed by atoms with Crippen molar-refractivity contribution < 1.29 is 0 Å². The van der Waals surface area contributed by atoms with Gasteiger partial charge in [0.25, 0.3) is 0 Å². The van der Waals surface area contributed by atoms with Crippen LogP contribution >= 0.6 is 0 Å². The molecule has 0 atom stereocenters. The Hall–Kier alpha value is -3.13. The fourth-order valence-corrected chi connectivity index (χ4v) is 2.83. The highest BCUT2D eigenvalue weighted by molar-refractivity contribution is 5.54. The minimum absolute atomic E-state index is 0.556. The molecule has 0 saturated carbocycles. The maximum absolute atomic E-state index is 9.20. The van der Waals surface area contributed by atoms with Gasteiger partial charge in [-0.2, -0.15) is 10.4 Å². The molecule has 0 radical (unpaired) electrons. The molecule has 1 aromatic heterocycles. The molecule has 0 bridgehead atoms. The maximum Gasteiger partial charge on any atom is 0.156 e. The Kier molecular flexibility index (Phi) is 6.51. The lowest BCUT2D eigenvalue weighted by atomic mass is 10.0. The number of benzene rings is 1. The molecule has 134 valence electrons. The summed E-state index contributed by atoms with van der Waals surface area (Å²) in [6.45, 7) is 8.47. The van der Waals surface area contributed by atoms with Crippen molar-refractivity contribution in [1.82, 2.24) is 10.2 Å². The van der Waals surface area contributed by atoms with Crippen LogP contribution in [0.1, 0.15) is 42.7 Å². The van der Waals surface area contributed by atoms with Crippen LogP contribution in [0.15, 0.2) is 30.0 Å². The predicted octanol–water partition coefficient (Wildman–Crippen LogP) is 2.41. The molecule has 0 aliphatic heterocycles.